The van der Waals surface area contributed by atoms with Crippen LogP contribution in [0.5, 0.6) is 0 Å². The normalized spacial score (nSPS) is 23.9. The van der Waals surface area contributed by atoms with Crippen LogP contribution in [-0.2, 0) is 16.0 Å². The Hall–Kier alpha value is -1.43. The fourth-order valence-corrected chi connectivity index (χ4v) is 4.84. The van der Waals surface area contributed by atoms with Crippen molar-refractivity contribution >= 4 is 23.2 Å². The molecule has 2 aliphatic heterocycles. The summed E-state index contributed by atoms with van der Waals surface area (Å²) in [5.41, 5.74) is 0.978. The van der Waals surface area contributed by atoms with Gasteiger partial charge in [0.15, 0.2) is 0 Å². The molecule has 5 nitrogen and oxygen atoms in total. The average Bonchev–Trinajstić information content (AvgIpc) is 3.01. The molecule has 0 N–H and O–H groups in total. The quantitative estimate of drug-likeness (QED) is 0.791. The van der Waals surface area contributed by atoms with Crippen molar-refractivity contribution in [1.82, 2.24) is 14.8 Å². The highest BCUT2D eigenvalue weighted by Crippen LogP contribution is 2.39. The number of hydrogen-bond donors (Lipinski definition) is 0. The fourth-order valence-electron chi connectivity index (χ4n) is 4.23. The van der Waals surface area contributed by atoms with Crippen molar-refractivity contribution in [2.24, 2.45) is 11.3 Å². The highest BCUT2D eigenvalue weighted by Gasteiger charge is 2.42. The second-order valence-corrected chi connectivity index (χ2v) is 9.51. The van der Waals surface area contributed by atoms with Gasteiger partial charge in [0, 0.05) is 43.4 Å². The fraction of sp³-hybridized carbons (Fsp3) is 0.750. The first-order valence-corrected chi connectivity index (χ1v) is 10.7. The van der Waals surface area contributed by atoms with Crippen LogP contribution in [0.25, 0.3) is 0 Å². The zero-order valence-electron chi connectivity index (χ0n) is 16.3. The van der Waals surface area contributed by atoms with Crippen molar-refractivity contribution < 1.29 is 9.59 Å². The summed E-state index contributed by atoms with van der Waals surface area (Å²) in [5.74, 6) is 1.07. The molecule has 26 heavy (non-hydrogen) atoms. The van der Waals surface area contributed by atoms with Gasteiger partial charge in [0.1, 0.15) is 0 Å². The third kappa shape index (κ3) is 4.64. The van der Waals surface area contributed by atoms with Gasteiger partial charge in [-0.25, -0.2) is 4.98 Å². The van der Waals surface area contributed by atoms with Crippen molar-refractivity contribution in [2.75, 3.05) is 26.2 Å². The summed E-state index contributed by atoms with van der Waals surface area (Å²) < 4.78 is 0. The lowest BCUT2D eigenvalue weighted by molar-refractivity contribution is -0.142. The summed E-state index contributed by atoms with van der Waals surface area (Å²) in [5, 5.41) is 2.99. The van der Waals surface area contributed by atoms with Crippen LogP contribution in [0.4, 0.5) is 0 Å². The Morgan fingerprint density at radius 3 is 2.85 bits per heavy atom. The Balaban J connectivity index is 1.62. The summed E-state index contributed by atoms with van der Waals surface area (Å²) >= 11 is 1.60. The molecule has 1 aromatic heterocycles. The molecule has 2 fully saturated rings. The van der Waals surface area contributed by atoms with Crippen LogP contribution in [0.2, 0.25) is 0 Å². The van der Waals surface area contributed by atoms with Crippen LogP contribution in [0, 0.1) is 18.3 Å². The van der Waals surface area contributed by atoms with Gasteiger partial charge in [-0.3, -0.25) is 9.59 Å². The molecule has 1 aromatic rings. The van der Waals surface area contributed by atoms with E-state index in [1.807, 2.05) is 17.2 Å². The van der Waals surface area contributed by atoms with Crippen LogP contribution < -0.4 is 0 Å². The standard InChI is InChI=1S/C20H31N3O2S/c1-15(2)6-10-23-14-20(8-5-18(23)24)7-4-9-22(13-20)19(25)11-17-12-26-16(3)21-17/h12,15H,4-11,13-14H2,1-3H3. The van der Waals surface area contributed by atoms with Crippen molar-refractivity contribution in [3.63, 3.8) is 0 Å². The predicted octanol–water partition coefficient (Wildman–Crippen LogP) is 3.27. The van der Waals surface area contributed by atoms with Crippen LogP contribution in [0.1, 0.15) is 56.7 Å². The van der Waals surface area contributed by atoms with E-state index in [9.17, 15) is 9.59 Å². The molecule has 3 rings (SSSR count). The molecule has 0 aromatic carbocycles. The smallest absolute Gasteiger partial charge is 0.228 e. The number of piperidine rings is 2. The van der Waals surface area contributed by atoms with E-state index in [0.29, 0.717) is 18.8 Å². The van der Waals surface area contributed by atoms with E-state index in [4.69, 9.17) is 0 Å². The maximum absolute atomic E-state index is 12.8. The van der Waals surface area contributed by atoms with Gasteiger partial charge in [0.2, 0.25) is 11.8 Å². The molecule has 0 aliphatic carbocycles. The number of nitrogens with zero attached hydrogens (tertiary/aromatic N) is 3. The Kier molecular flexibility index (Phi) is 6.00. The van der Waals surface area contributed by atoms with Gasteiger partial charge in [-0.1, -0.05) is 13.8 Å². The van der Waals surface area contributed by atoms with Crippen LogP contribution >= 0.6 is 11.3 Å². The second kappa shape index (κ2) is 8.07. The lowest BCUT2D eigenvalue weighted by Gasteiger charge is -2.48. The highest BCUT2D eigenvalue weighted by atomic mass is 32.1. The number of likely N-dealkylation sites (tertiary alicyclic amines) is 2. The molecule has 3 heterocycles. The minimum absolute atomic E-state index is 0.0940. The maximum atomic E-state index is 12.8. The summed E-state index contributed by atoms with van der Waals surface area (Å²) in [6.07, 6.45) is 5.16. The second-order valence-electron chi connectivity index (χ2n) is 8.45. The van der Waals surface area contributed by atoms with Gasteiger partial charge in [-0.05, 0) is 38.5 Å². The van der Waals surface area contributed by atoms with E-state index < -0.39 is 0 Å². The average molecular weight is 378 g/mol. The number of thiazole rings is 1. The van der Waals surface area contributed by atoms with Crippen molar-refractivity contribution in [1.29, 1.82) is 0 Å². The van der Waals surface area contributed by atoms with Gasteiger partial charge < -0.3 is 9.80 Å². The highest BCUT2D eigenvalue weighted by molar-refractivity contribution is 7.09. The first kappa shape index (κ1) is 19.3. The molecule has 6 heteroatoms. The largest absolute Gasteiger partial charge is 0.342 e. The van der Waals surface area contributed by atoms with Crippen LogP contribution in [-0.4, -0.2) is 52.8 Å². The Morgan fingerprint density at radius 1 is 1.35 bits per heavy atom. The molecule has 0 saturated carbocycles. The molecule has 0 bridgehead atoms. The van der Waals surface area contributed by atoms with Crippen molar-refractivity contribution in [3.8, 4) is 0 Å². The number of hydrogen-bond acceptors (Lipinski definition) is 4. The zero-order valence-corrected chi connectivity index (χ0v) is 17.1. The monoisotopic (exact) mass is 377 g/mol. The summed E-state index contributed by atoms with van der Waals surface area (Å²) in [7, 11) is 0. The van der Waals surface area contributed by atoms with Gasteiger partial charge in [0.05, 0.1) is 17.1 Å². The Bertz CT molecular complexity index is 657. The van der Waals surface area contributed by atoms with E-state index in [-0.39, 0.29) is 17.2 Å². The molecule has 1 unspecified atom stereocenters. The van der Waals surface area contributed by atoms with Crippen molar-refractivity contribution in [3.05, 3.63) is 16.1 Å². The minimum Gasteiger partial charge on any atom is -0.342 e. The molecular weight excluding hydrogens is 346 g/mol. The lowest BCUT2D eigenvalue weighted by Crippen LogP contribution is -2.55. The topological polar surface area (TPSA) is 53.5 Å². The third-order valence-electron chi connectivity index (χ3n) is 5.74. The molecular formula is C20H31N3O2S. The predicted molar refractivity (Wildman–Crippen MR) is 104 cm³/mol. The molecule has 1 atom stereocenters. The maximum Gasteiger partial charge on any atom is 0.228 e. The number of carbonyl (C=O) groups is 2. The van der Waals surface area contributed by atoms with Gasteiger partial charge in [-0.15, -0.1) is 11.3 Å². The summed E-state index contributed by atoms with van der Waals surface area (Å²) in [6, 6.07) is 0. The number of rotatable bonds is 5. The number of aromatic nitrogens is 1. The summed E-state index contributed by atoms with van der Waals surface area (Å²) in [6.45, 7) is 9.67. The van der Waals surface area contributed by atoms with E-state index in [1.54, 1.807) is 11.3 Å². The molecule has 2 saturated heterocycles. The number of aryl methyl sites for hydroxylation is 1. The summed E-state index contributed by atoms with van der Waals surface area (Å²) in [4.78, 5) is 33.6. The van der Waals surface area contributed by atoms with E-state index in [1.165, 1.54) is 0 Å². The number of carbonyl (C=O) groups excluding carboxylic acids is 2. The molecule has 1 spiro atoms. The molecule has 2 aliphatic rings. The van der Waals surface area contributed by atoms with Crippen LogP contribution in [0.3, 0.4) is 0 Å². The van der Waals surface area contributed by atoms with Gasteiger partial charge >= 0.3 is 0 Å². The van der Waals surface area contributed by atoms with E-state index >= 15 is 0 Å². The molecule has 144 valence electrons. The SMILES string of the molecule is Cc1nc(CC(=O)N2CCCC3(CCC(=O)N(CCC(C)C)C3)C2)cs1. The van der Waals surface area contributed by atoms with E-state index in [0.717, 1.165) is 62.6 Å². The van der Waals surface area contributed by atoms with Crippen molar-refractivity contribution in [2.45, 2.75) is 59.3 Å². The third-order valence-corrected chi connectivity index (χ3v) is 6.56. The molecule has 0 radical (unpaired) electrons. The van der Waals surface area contributed by atoms with E-state index in [2.05, 4.69) is 23.7 Å². The van der Waals surface area contributed by atoms with Crippen LogP contribution in [0.15, 0.2) is 5.38 Å². The van der Waals surface area contributed by atoms with Gasteiger partial charge in [-0.2, -0.15) is 0 Å². The number of amides is 2. The van der Waals surface area contributed by atoms with Gasteiger partial charge in [0.25, 0.3) is 0 Å². The Labute approximate surface area is 160 Å². The Morgan fingerprint density at radius 2 is 2.15 bits per heavy atom. The molecule has 2 amide bonds. The first-order valence-electron chi connectivity index (χ1n) is 9.83. The zero-order chi connectivity index (χ0) is 18.7. The minimum atomic E-state index is 0.0940. The first-order chi connectivity index (χ1) is 12.4. The lowest BCUT2D eigenvalue weighted by atomic mass is 9.73.